The normalized spacial score (nSPS) is 11.1. The van der Waals surface area contributed by atoms with E-state index in [1.54, 1.807) is 48.5 Å². The number of aryl methyl sites for hydroxylation is 2. The standard InChI is InChI=1S/C26H27NO5S/c1-20-10-12-21(13-11-20)14-15-25(28)27-16-17-32-26(29)23-7-5-6-22(18-23)19-33(30,31)24-8-3-2-4-9-24/h2-13,18H,14-17,19H2,1H3,(H,27,28). The van der Waals surface area contributed by atoms with Crippen LogP contribution >= 0.6 is 0 Å². The monoisotopic (exact) mass is 465 g/mol. The average molecular weight is 466 g/mol. The van der Waals surface area contributed by atoms with E-state index in [2.05, 4.69) is 5.32 Å². The van der Waals surface area contributed by atoms with Crippen LogP contribution in [-0.4, -0.2) is 33.4 Å². The first-order chi connectivity index (χ1) is 15.8. The first kappa shape index (κ1) is 24.2. The summed E-state index contributed by atoms with van der Waals surface area (Å²) in [7, 11) is -3.51. The highest BCUT2D eigenvalue weighted by molar-refractivity contribution is 7.90. The molecule has 172 valence electrons. The number of carbonyl (C=O) groups excluding carboxylic acids is 2. The second kappa shape index (κ2) is 11.4. The Bertz CT molecular complexity index is 1190. The Morgan fingerprint density at radius 3 is 2.33 bits per heavy atom. The van der Waals surface area contributed by atoms with E-state index in [0.717, 1.165) is 5.56 Å². The number of hydrogen-bond donors (Lipinski definition) is 1. The van der Waals surface area contributed by atoms with E-state index in [1.165, 1.54) is 11.6 Å². The van der Waals surface area contributed by atoms with Gasteiger partial charge in [-0.15, -0.1) is 0 Å². The van der Waals surface area contributed by atoms with E-state index in [1.807, 2.05) is 31.2 Å². The van der Waals surface area contributed by atoms with Crippen molar-refractivity contribution in [2.75, 3.05) is 13.2 Å². The van der Waals surface area contributed by atoms with E-state index in [-0.39, 0.29) is 35.3 Å². The number of esters is 1. The molecular formula is C26H27NO5S. The van der Waals surface area contributed by atoms with Gasteiger partial charge in [-0.1, -0.05) is 60.2 Å². The van der Waals surface area contributed by atoms with E-state index >= 15 is 0 Å². The lowest BCUT2D eigenvalue weighted by Crippen LogP contribution is -2.28. The Hall–Kier alpha value is -3.45. The smallest absolute Gasteiger partial charge is 0.338 e. The average Bonchev–Trinajstić information content (AvgIpc) is 2.82. The Morgan fingerprint density at radius 1 is 0.879 bits per heavy atom. The molecule has 3 rings (SSSR count). The molecule has 3 aromatic carbocycles. The number of nitrogens with one attached hydrogen (secondary N) is 1. The first-order valence-electron chi connectivity index (χ1n) is 10.7. The summed E-state index contributed by atoms with van der Waals surface area (Å²) in [5, 5.41) is 2.74. The SMILES string of the molecule is Cc1ccc(CCC(=O)NCCOC(=O)c2cccc(CS(=O)(=O)c3ccccc3)c2)cc1. The van der Waals surface area contributed by atoms with E-state index < -0.39 is 15.8 Å². The predicted octanol–water partition coefficient (Wildman–Crippen LogP) is 3.87. The van der Waals surface area contributed by atoms with Crippen molar-refractivity contribution < 1.29 is 22.7 Å². The van der Waals surface area contributed by atoms with Gasteiger partial charge in [0.15, 0.2) is 9.84 Å². The fourth-order valence-electron chi connectivity index (χ4n) is 3.24. The molecule has 0 atom stereocenters. The highest BCUT2D eigenvalue weighted by Gasteiger charge is 2.16. The van der Waals surface area contributed by atoms with Crippen LogP contribution in [0.5, 0.6) is 0 Å². The third-order valence-electron chi connectivity index (χ3n) is 5.04. The van der Waals surface area contributed by atoms with Gasteiger partial charge in [-0.25, -0.2) is 13.2 Å². The number of rotatable bonds is 10. The minimum atomic E-state index is -3.51. The molecule has 0 spiro atoms. The van der Waals surface area contributed by atoms with Gasteiger partial charge in [0.2, 0.25) is 5.91 Å². The Morgan fingerprint density at radius 2 is 1.61 bits per heavy atom. The summed E-state index contributed by atoms with van der Waals surface area (Å²) in [6, 6.07) is 22.6. The van der Waals surface area contributed by atoms with Crippen LogP contribution in [0, 0.1) is 6.92 Å². The predicted molar refractivity (Wildman–Crippen MR) is 127 cm³/mol. The molecule has 0 aliphatic heterocycles. The fraction of sp³-hybridized carbons (Fsp3) is 0.231. The lowest BCUT2D eigenvalue weighted by atomic mass is 10.1. The fourth-order valence-corrected chi connectivity index (χ4v) is 4.59. The quantitative estimate of drug-likeness (QED) is 0.363. The third kappa shape index (κ3) is 7.57. The molecule has 7 heteroatoms. The maximum atomic E-state index is 12.6. The highest BCUT2D eigenvalue weighted by atomic mass is 32.2. The zero-order chi connectivity index (χ0) is 23.7. The lowest BCUT2D eigenvalue weighted by Gasteiger charge is -2.09. The van der Waals surface area contributed by atoms with Crippen molar-refractivity contribution in [1.82, 2.24) is 5.32 Å². The Labute approximate surface area is 194 Å². The maximum Gasteiger partial charge on any atom is 0.338 e. The molecule has 6 nitrogen and oxygen atoms in total. The van der Waals surface area contributed by atoms with Crippen LogP contribution in [0.2, 0.25) is 0 Å². The molecule has 1 N–H and O–H groups in total. The van der Waals surface area contributed by atoms with Gasteiger partial charge in [0.05, 0.1) is 22.8 Å². The van der Waals surface area contributed by atoms with Crippen molar-refractivity contribution in [2.45, 2.75) is 30.4 Å². The van der Waals surface area contributed by atoms with Gasteiger partial charge in [0.1, 0.15) is 6.61 Å². The van der Waals surface area contributed by atoms with Gasteiger partial charge in [-0.05, 0) is 48.7 Å². The topological polar surface area (TPSA) is 89.5 Å². The summed E-state index contributed by atoms with van der Waals surface area (Å²) in [5.41, 5.74) is 3.03. The van der Waals surface area contributed by atoms with Gasteiger partial charge < -0.3 is 10.1 Å². The Balaban J connectivity index is 1.44. The van der Waals surface area contributed by atoms with Gasteiger partial charge in [-0.2, -0.15) is 0 Å². The van der Waals surface area contributed by atoms with Crippen molar-refractivity contribution >= 4 is 21.7 Å². The van der Waals surface area contributed by atoms with Crippen molar-refractivity contribution in [3.05, 3.63) is 101 Å². The minimum absolute atomic E-state index is 0.0294. The largest absolute Gasteiger partial charge is 0.460 e. The molecule has 3 aromatic rings. The zero-order valence-electron chi connectivity index (χ0n) is 18.5. The van der Waals surface area contributed by atoms with Crippen molar-refractivity contribution in [3.8, 4) is 0 Å². The second-order valence-corrected chi connectivity index (χ2v) is 9.73. The summed E-state index contributed by atoms with van der Waals surface area (Å²) in [6.07, 6.45) is 1.000. The number of ether oxygens (including phenoxy) is 1. The molecule has 0 unspecified atom stereocenters. The van der Waals surface area contributed by atoms with Crippen LogP contribution in [0.15, 0.2) is 83.8 Å². The van der Waals surface area contributed by atoms with E-state index in [0.29, 0.717) is 18.4 Å². The Kier molecular flexibility index (Phi) is 8.38. The number of sulfone groups is 1. The van der Waals surface area contributed by atoms with Crippen molar-refractivity contribution in [3.63, 3.8) is 0 Å². The molecule has 0 saturated heterocycles. The molecule has 33 heavy (non-hydrogen) atoms. The number of amides is 1. The maximum absolute atomic E-state index is 12.6. The van der Waals surface area contributed by atoms with Crippen LogP contribution in [0.3, 0.4) is 0 Å². The van der Waals surface area contributed by atoms with Crippen molar-refractivity contribution in [1.29, 1.82) is 0 Å². The minimum Gasteiger partial charge on any atom is -0.460 e. The van der Waals surface area contributed by atoms with Gasteiger partial charge >= 0.3 is 5.97 Å². The third-order valence-corrected chi connectivity index (χ3v) is 6.74. The van der Waals surface area contributed by atoms with Gasteiger partial charge in [0, 0.05) is 6.42 Å². The molecule has 0 fully saturated rings. The molecule has 1 amide bonds. The van der Waals surface area contributed by atoms with Crippen LogP contribution in [0.25, 0.3) is 0 Å². The summed E-state index contributed by atoms with van der Waals surface area (Å²) in [6.45, 7) is 2.25. The molecule has 0 aliphatic carbocycles. The molecule has 0 radical (unpaired) electrons. The number of benzene rings is 3. The summed E-state index contributed by atoms with van der Waals surface area (Å²) >= 11 is 0. The zero-order valence-corrected chi connectivity index (χ0v) is 19.3. The van der Waals surface area contributed by atoms with E-state index in [9.17, 15) is 18.0 Å². The highest BCUT2D eigenvalue weighted by Crippen LogP contribution is 2.17. The van der Waals surface area contributed by atoms with Crippen LogP contribution in [-0.2, 0) is 31.5 Å². The summed E-state index contributed by atoms with van der Waals surface area (Å²) < 4.78 is 30.3. The molecule has 0 saturated carbocycles. The number of carbonyl (C=O) groups is 2. The van der Waals surface area contributed by atoms with Gasteiger partial charge in [-0.3, -0.25) is 4.79 Å². The molecule has 0 heterocycles. The summed E-state index contributed by atoms with van der Waals surface area (Å²) in [4.78, 5) is 24.5. The van der Waals surface area contributed by atoms with Crippen LogP contribution in [0.4, 0.5) is 0 Å². The lowest BCUT2D eigenvalue weighted by molar-refractivity contribution is -0.121. The second-order valence-electron chi connectivity index (χ2n) is 7.74. The first-order valence-corrected chi connectivity index (χ1v) is 12.3. The van der Waals surface area contributed by atoms with Crippen LogP contribution in [0.1, 0.15) is 33.5 Å². The van der Waals surface area contributed by atoms with Gasteiger partial charge in [0.25, 0.3) is 0 Å². The van der Waals surface area contributed by atoms with E-state index in [4.69, 9.17) is 4.74 Å². The van der Waals surface area contributed by atoms with Crippen LogP contribution < -0.4 is 5.32 Å². The van der Waals surface area contributed by atoms with Crippen molar-refractivity contribution in [2.24, 2.45) is 0 Å². The number of hydrogen-bond acceptors (Lipinski definition) is 5. The molecule has 0 aromatic heterocycles. The summed E-state index contributed by atoms with van der Waals surface area (Å²) in [5.74, 6) is -0.891. The molecular weight excluding hydrogens is 438 g/mol. The molecule has 0 aliphatic rings. The molecule has 0 bridgehead atoms.